The summed E-state index contributed by atoms with van der Waals surface area (Å²) in [6.45, 7) is 5.68. The molecule has 1 amide bonds. The number of ether oxygens (including phenoxy) is 1. The monoisotopic (exact) mass is 370 g/mol. The van der Waals surface area contributed by atoms with Gasteiger partial charge in [0.05, 0.1) is 19.8 Å². The molecule has 0 aliphatic carbocycles. The Morgan fingerprint density at radius 2 is 1.96 bits per heavy atom. The molecule has 1 atom stereocenters. The van der Waals surface area contributed by atoms with Gasteiger partial charge in [0.25, 0.3) is 5.91 Å². The van der Waals surface area contributed by atoms with Gasteiger partial charge < -0.3 is 14.2 Å². The summed E-state index contributed by atoms with van der Waals surface area (Å²) in [5, 5.41) is 8.91. The predicted octanol–water partition coefficient (Wildman–Crippen LogP) is 1.06. The molecule has 0 unspecified atom stereocenters. The molecule has 2 aliphatic heterocycles. The van der Waals surface area contributed by atoms with Crippen molar-refractivity contribution in [2.24, 2.45) is 7.05 Å². The normalized spacial score (nSPS) is 21.4. The largest absolute Gasteiger partial charge is 0.379 e. The minimum Gasteiger partial charge on any atom is -0.379 e. The van der Waals surface area contributed by atoms with Gasteiger partial charge in [-0.05, 0) is 25.0 Å². The van der Waals surface area contributed by atoms with Gasteiger partial charge in [0.1, 0.15) is 11.6 Å². The summed E-state index contributed by atoms with van der Waals surface area (Å²) in [4.78, 5) is 21.0. The number of piperidine rings is 1. The maximum atomic E-state index is 12.8. The Labute approximate surface area is 159 Å². The number of morpholine rings is 1. The standard InChI is InChI=1S/C19H26N6O2/c1-23-17(14-24-9-11-27-12-10-24)21-22-18(23)16-3-2-8-25(13-16)19(26)15-4-6-20-7-5-15/h4-7,16H,2-3,8-14H2,1H3/t16-/m1/s1. The van der Waals surface area contributed by atoms with Crippen molar-refractivity contribution in [2.75, 3.05) is 39.4 Å². The van der Waals surface area contributed by atoms with E-state index >= 15 is 0 Å². The van der Waals surface area contributed by atoms with Crippen LogP contribution in [-0.4, -0.2) is 74.8 Å². The lowest BCUT2D eigenvalue weighted by molar-refractivity contribution is 0.0326. The second kappa shape index (κ2) is 8.14. The minimum absolute atomic E-state index is 0.0674. The Hall–Kier alpha value is -2.32. The van der Waals surface area contributed by atoms with Gasteiger partial charge in [0, 0.05) is 57.1 Å². The fraction of sp³-hybridized carbons (Fsp3) is 0.579. The Kier molecular flexibility index (Phi) is 5.45. The first kappa shape index (κ1) is 18.1. The van der Waals surface area contributed by atoms with Crippen molar-refractivity contribution in [1.29, 1.82) is 0 Å². The molecule has 0 aromatic carbocycles. The van der Waals surface area contributed by atoms with Gasteiger partial charge in [-0.25, -0.2) is 0 Å². The Morgan fingerprint density at radius 3 is 2.74 bits per heavy atom. The molecule has 2 aromatic heterocycles. The second-order valence-electron chi connectivity index (χ2n) is 7.25. The number of hydrogen-bond donors (Lipinski definition) is 0. The van der Waals surface area contributed by atoms with E-state index in [0.29, 0.717) is 12.1 Å². The summed E-state index contributed by atoms with van der Waals surface area (Å²) in [5.41, 5.74) is 0.691. The maximum Gasteiger partial charge on any atom is 0.253 e. The number of rotatable bonds is 4. The molecule has 0 saturated carbocycles. The smallest absolute Gasteiger partial charge is 0.253 e. The molecule has 8 heteroatoms. The highest BCUT2D eigenvalue weighted by Gasteiger charge is 2.29. The number of carbonyl (C=O) groups excluding carboxylic acids is 1. The highest BCUT2D eigenvalue weighted by Crippen LogP contribution is 2.27. The Bertz CT molecular complexity index is 772. The summed E-state index contributed by atoms with van der Waals surface area (Å²) in [6.07, 6.45) is 5.33. The van der Waals surface area contributed by atoms with E-state index in [-0.39, 0.29) is 11.8 Å². The predicted molar refractivity (Wildman–Crippen MR) is 99.2 cm³/mol. The van der Waals surface area contributed by atoms with Gasteiger partial charge in [-0.2, -0.15) is 0 Å². The molecule has 0 N–H and O–H groups in total. The van der Waals surface area contributed by atoms with Crippen LogP contribution in [0.4, 0.5) is 0 Å². The van der Waals surface area contributed by atoms with Crippen LogP contribution in [0.1, 0.15) is 40.8 Å². The first-order valence-corrected chi connectivity index (χ1v) is 9.60. The van der Waals surface area contributed by atoms with Crippen molar-refractivity contribution in [3.63, 3.8) is 0 Å². The summed E-state index contributed by atoms with van der Waals surface area (Å²) in [7, 11) is 2.04. The number of carbonyl (C=O) groups is 1. The van der Waals surface area contributed by atoms with Gasteiger partial charge in [-0.3, -0.25) is 14.7 Å². The summed E-state index contributed by atoms with van der Waals surface area (Å²) >= 11 is 0. The van der Waals surface area contributed by atoms with Crippen LogP contribution in [0.2, 0.25) is 0 Å². The molecule has 0 radical (unpaired) electrons. The van der Waals surface area contributed by atoms with E-state index in [1.54, 1.807) is 24.5 Å². The van der Waals surface area contributed by atoms with E-state index in [9.17, 15) is 4.79 Å². The number of hydrogen-bond acceptors (Lipinski definition) is 6. The molecule has 8 nitrogen and oxygen atoms in total. The van der Waals surface area contributed by atoms with E-state index in [1.807, 2.05) is 11.9 Å². The molecule has 0 bridgehead atoms. The van der Waals surface area contributed by atoms with Crippen molar-refractivity contribution in [2.45, 2.75) is 25.3 Å². The lowest BCUT2D eigenvalue weighted by Gasteiger charge is -2.32. The zero-order valence-electron chi connectivity index (χ0n) is 15.8. The van der Waals surface area contributed by atoms with Gasteiger partial charge in [-0.1, -0.05) is 0 Å². The summed E-state index contributed by atoms with van der Waals surface area (Å²) < 4.78 is 7.52. The SMILES string of the molecule is Cn1c(CN2CCOCC2)nnc1[C@@H]1CCCN(C(=O)c2ccncc2)C1. The highest BCUT2D eigenvalue weighted by molar-refractivity contribution is 5.94. The van der Waals surface area contributed by atoms with Crippen molar-refractivity contribution in [3.05, 3.63) is 41.7 Å². The fourth-order valence-electron chi connectivity index (χ4n) is 3.88. The number of amides is 1. The van der Waals surface area contributed by atoms with Crippen molar-refractivity contribution in [1.82, 2.24) is 29.5 Å². The number of likely N-dealkylation sites (tertiary alicyclic amines) is 1. The van der Waals surface area contributed by atoms with Crippen molar-refractivity contribution in [3.8, 4) is 0 Å². The van der Waals surface area contributed by atoms with Crippen LogP contribution in [-0.2, 0) is 18.3 Å². The second-order valence-corrected chi connectivity index (χ2v) is 7.25. The van der Waals surface area contributed by atoms with Crippen molar-refractivity contribution >= 4 is 5.91 Å². The third-order valence-electron chi connectivity index (χ3n) is 5.47. The van der Waals surface area contributed by atoms with Crippen LogP contribution < -0.4 is 0 Å². The number of nitrogens with zero attached hydrogens (tertiary/aromatic N) is 6. The van der Waals surface area contributed by atoms with Crippen LogP contribution in [0.5, 0.6) is 0 Å². The quantitative estimate of drug-likeness (QED) is 0.801. The van der Waals surface area contributed by atoms with Gasteiger partial charge >= 0.3 is 0 Å². The van der Waals surface area contributed by atoms with Gasteiger partial charge in [0.2, 0.25) is 0 Å². The zero-order valence-corrected chi connectivity index (χ0v) is 15.8. The average molecular weight is 370 g/mol. The van der Waals surface area contributed by atoms with Crippen LogP contribution in [0.25, 0.3) is 0 Å². The topological polar surface area (TPSA) is 76.4 Å². The third kappa shape index (κ3) is 4.01. The molecule has 144 valence electrons. The molecule has 2 aliphatic rings. The summed E-state index contributed by atoms with van der Waals surface area (Å²) in [6, 6.07) is 3.55. The average Bonchev–Trinajstić information content (AvgIpc) is 3.09. The Morgan fingerprint density at radius 1 is 1.19 bits per heavy atom. The molecule has 2 aromatic rings. The fourth-order valence-corrected chi connectivity index (χ4v) is 3.88. The van der Waals surface area contributed by atoms with E-state index in [2.05, 4.69) is 24.6 Å². The maximum absolute atomic E-state index is 12.8. The lowest BCUT2D eigenvalue weighted by atomic mass is 9.96. The highest BCUT2D eigenvalue weighted by atomic mass is 16.5. The molecule has 2 fully saturated rings. The van der Waals surface area contributed by atoms with Crippen LogP contribution in [0.15, 0.2) is 24.5 Å². The molecule has 4 heterocycles. The van der Waals surface area contributed by atoms with Crippen LogP contribution >= 0.6 is 0 Å². The first-order valence-electron chi connectivity index (χ1n) is 9.60. The van der Waals surface area contributed by atoms with Crippen molar-refractivity contribution < 1.29 is 9.53 Å². The molecular weight excluding hydrogens is 344 g/mol. The van der Waals surface area contributed by atoms with E-state index in [1.165, 1.54) is 0 Å². The van der Waals surface area contributed by atoms with Gasteiger partial charge in [0.15, 0.2) is 0 Å². The van der Waals surface area contributed by atoms with Crippen LogP contribution in [0, 0.1) is 0 Å². The molecule has 2 saturated heterocycles. The molecule has 4 rings (SSSR count). The molecule has 27 heavy (non-hydrogen) atoms. The molecule has 0 spiro atoms. The first-order chi connectivity index (χ1) is 13.2. The zero-order chi connectivity index (χ0) is 18.6. The van der Waals surface area contributed by atoms with E-state index < -0.39 is 0 Å². The van der Waals surface area contributed by atoms with Gasteiger partial charge in [-0.15, -0.1) is 10.2 Å². The van der Waals surface area contributed by atoms with Crippen LogP contribution in [0.3, 0.4) is 0 Å². The van der Waals surface area contributed by atoms with E-state index in [4.69, 9.17) is 4.74 Å². The summed E-state index contributed by atoms with van der Waals surface area (Å²) in [5.74, 6) is 2.24. The number of aromatic nitrogens is 4. The third-order valence-corrected chi connectivity index (χ3v) is 5.47. The van der Waals surface area contributed by atoms with E-state index in [0.717, 1.165) is 63.9 Å². The lowest BCUT2D eigenvalue weighted by Crippen LogP contribution is -2.40. The Balaban J connectivity index is 1.44. The minimum atomic E-state index is 0.0674. The number of pyridine rings is 1. The molecular formula is C19H26N6O2.